The van der Waals surface area contributed by atoms with E-state index in [-0.39, 0.29) is 47.8 Å². The molecule has 4 N–H and O–H groups in total. The number of carbonyl (C=O) groups excluding carboxylic acids is 6. The number of esters is 4. The lowest BCUT2D eigenvalue weighted by atomic mass is 9.47. The number of furan rings is 1. The molecule has 6 rings (SSSR count). The zero-order chi connectivity index (χ0) is 44.8. The number of hydrogen-bond acceptors (Lipinski definition) is 16. The number of benzene rings is 1. The van der Waals surface area contributed by atoms with Crippen molar-refractivity contribution in [2.45, 2.75) is 129 Å². The lowest BCUT2D eigenvalue weighted by molar-refractivity contribution is -0.314. The summed E-state index contributed by atoms with van der Waals surface area (Å²) in [5, 5.41) is 39.5. The van der Waals surface area contributed by atoms with Crippen LogP contribution < -0.4 is 5.32 Å². The monoisotopic (exact) mass is 869 g/mol. The number of nitrogens with one attached hydrogen (secondary N) is 1. The molecule has 1 aromatic heterocycles. The number of Topliss-reactive ketones (excluding diaryl/α,β-unsaturated/α-hetero) is 1. The van der Waals surface area contributed by atoms with Gasteiger partial charge in [-0.2, -0.15) is 0 Å². The SMILES string of the molecule is CC(=O)O[C@H]1C(=O)[C@@]2(C)[C@H]([C@H](OC(=O)c3ccccc3)[C@]3(O)C[C@H](OC(=O)[C@H](O)[C@@H](NC(=O)SCC(C)C)c4ccco4)C(C)=C1C3(C)C)[C@]1(OC(C)=O)CO[C@@H]1CC[C@@H]2O. The van der Waals surface area contributed by atoms with Crippen LogP contribution in [0.15, 0.2) is 64.3 Å². The fourth-order valence-corrected chi connectivity index (χ4v) is 10.5. The summed E-state index contributed by atoms with van der Waals surface area (Å²) in [7, 11) is 0. The molecule has 1 amide bonds. The Morgan fingerprint density at radius 3 is 2.23 bits per heavy atom. The molecule has 2 heterocycles. The Balaban J connectivity index is 1.54. The highest BCUT2D eigenvalue weighted by molar-refractivity contribution is 8.13. The quantitative estimate of drug-likeness (QED) is 0.139. The van der Waals surface area contributed by atoms with Crippen molar-refractivity contribution >= 4 is 46.7 Å². The Morgan fingerprint density at radius 1 is 0.967 bits per heavy atom. The third-order valence-electron chi connectivity index (χ3n) is 12.9. The molecule has 61 heavy (non-hydrogen) atoms. The van der Waals surface area contributed by atoms with Gasteiger partial charge in [0.2, 0.25) is 0 Å². The van der Waals surface area contributed by atoms with Gasteiger partial charge < -0.3 is 48.7 Å². The number of amides is 1. The maximum absolute atomic E-state index is 15.6. The van der Waals surface area contributed by atoms with Crippen LogP contribution in [0, 0.1) is 22.7 Å². The van der Waals surface area contributed by atoms with Crippen molar-refractivity contribution in [2.24, 2.45) is 22.7 Å². The number of aliphatic hydroxyl groups is 3. The van der Waals surface area contributed by atoms with Crippen molar-refractivity contribution in [3.8, 4) is 0 Å². The Bertz CT molecular complexity index is 2050. The summed E-state index contributed by atoms with van der Waals surface area (Å²) in [5.41, 5.74) is -7.68. The predicted octanol–water partition coefficient (Wildman–Crippen LogP) is 4.39. The van der Waals surface area contributed by atoms with Crippen LogP contribution in [0.2, 0.25) is 0 Å². The van der Waals surface area contributed by atoms with Crippen LogP contribution in [-0.4, -0.2) is 110 Å². The first-order chi connectivity index (χ1) is 28.6. The maximum atomic E-state index is 15.6. The van der Waals surface area contributed by atoms with Crippen LogP contribution in [0.1, 0.15) is 96.8 Å². The summed E-state index contributed by atoms with van der Waals surface area (Å²) >= 11 is 0.949. The van der Waals surface area contributed by atoms with Gasteiger partial charge in [-0.05, 0) is 68.0 Å². The second kappa shape index (κ2) is 17.3. The molecule has 0 radical (unpaired) electrons. The lowest BCUT2D eigenvalue weighted by Gasteiger charge is -2.63. The third kappa shape index (κ3) is 8.15. The molecule has 1 aromatic carbocycles. The molecule has 16 nitrogen and oxygen atoms in total. The van der Waals surface area contributed by atoms with E-state index in [0.29, 0.717) is 5.75 Å². The summed E-state index contributed by atoms with van der Waals surface area (Å²) in [6.07, 6.45) is -8.90. The first-order valence-electron chi connectivity index (χ1n) is 20.4. The van der Waals surface area contributed by atoms with E-state index in [1.807, 2.05) is 13.8 Å². The number of thioether (sulfide) groups is 1. The molecular weight excluding hydrogens is 815 g/mol. The van der Waals surface area contributed by atoms with Crippen molar-refractivity contribution in [1.29, 1.82) is 0 Å². The molecule has 1 aliphatic heterocycles. The Kier molecular flexibility index (Phi) is 13.0. The van der Waals surface area contributed by atoms with Gasteiger partial charge in [0.15, 0.2) is 23.6 Å². The van der Waals surface area contributed by atoms with E-state index >= 15 is 4.79 Å². The normalized spacial score (nSPS) is 32.6. The van der Waals surface area contributed by atoms with Crippen molar-refractivity contribution in [3.05, 3.63) is 71.2 Å². The molecule has 11 atom stereocenters. The smallest absolute Gasteiger partial charge is 0.338 e. The minimum absolute atomic E-state index is 0.00506. The van der Waals surface area contributed by atoms with Crippen LogP contribution in [0.25, 0.3) is 0 Å². The first-order valence-corrected chi connectivity index (χ1v) is 21.3. The van der Waals surface area contributed by atoms with E-state index in [4.69, 9.17) is 28.1 Å². The summed E-state index contributed by atoms with van der Waals surface area (Å²) < 4.78 is 35.9. The van der Waals surface area contributed by atoms with Crippen molar-refractivity contribution in [2.75, 3.05) is 12.4 Å². The van der Waals surface area contributed by atoms with Crippen LogP contribution in [-0.2, 0) is 42.9 Å². The van der Waals surface area contributed by atoms with Crippen LogP contribution in [0.5, 0.6) is 0 Å². The van der Waals surface area contributed by atoms with E-state index in [9.17, 15) is 39.3 Å². The Morgan fingerprint density at radius 2 is 1.66 bits per heavy atom. The minimum Gasteiger partial charge on any atom is -0.467 e. The average molecular weight is 870 g/mol. The maximum Gasteiger partial charge on any atom is 0.338 e. The van der Waals surface area contributed by atoms with E-state index < -0.39 is 112 Å². The Hall–Kier alpha value is -4.55. The molecule has 2 bridgehead atoms. The van der Waals surface area contributed by atoms with Crippen LogP contribution in [0.4, 0.5) is 4.79 Å². The van der Waals surface area contributed by atoms with Gasteiger partial charge in [-0.3, -0.25) is 19.2 Å². The standard InChI is InChI=1S/C44H55NO15S/c1-22(2)20-61-40(53)45-32(27-15-12-18-55-27)33(49)39(52)58-28-19-44(54)37(59-38(51)26-13-10-9-11-14-26)35-42(8,29(48)16-17-30-43(35,21-56-30)60-25(5)47)36(50)34(57-24(4)46)31(23(28)3)41(44,6)7/h9-15,18,22,28-30,32-35,37,48-49,54H,16-17,19-21H2,1-8H3,(H,45,53)/t28-,29-,30+,32-,33+,34+,35-,37-,42+,43-,44+/m0/s1. The van der Waals surface area contributed by atoms with Gasteiger partial charge in [0.1, 0.15) is 35.7 Å². The molecule has 2 saturated carbocycles. The molecule has 3 fully saturated rings. The second-order valence-electron chi connectivity index (χ2n) is 17.6. The van der Waals surface area contributed by atoms with Gasteiger partial charge in [-0.1, -0.05) is 57.7 Å². The lowest BCUT2D eigenvalue weighted by Crippen LogP contribution is -2.78. The summed E-state index contributed by atoms with van der Waals surface area (Å²) in [4.78, 5) is 83.1. The number of carbonyl (C=O) groups is 6. The van der Waals surface area contributed by atoms with Crippen molar-refractivity contribution in [1.82, 2.24) is 5.32 Å². The third-order valence-corrected chi connectivity index (χ3v) is 14.1. The van der Waals surface area contributed by atoms with Gasteiger partial charge in [0, 0.05) is 31.4 Å². The second-order valence-corrected chi connectivity index (χ2v) is 18.6. The molecule has 4 aliphatic rings. The van der Waals surface area contributed by atoms with Gasteiger partial charge >= 0.3 is 23.9 Å². The molecule has 3 aliphatic carbocycles. The van der Waals surface area contributed by atoms with Gasteiger partial charge in [0.05, 0.1) is 35.9 Å². The number of hydrogen-bond donors (Lipinski definition) is 4. The van der Waals surface area contributed by atoms with E-state index in [1.165, 1.54) is 44.4 Å². The average Bonchev–Trinajstić information content (AvgIpc) is 3.72. The minimum atomic E-state index is -2.40. The molecule has 1 saturated heterocycles. The summed E-state index contributed by atoms with van der Waals surface area (Å²) in [6, 6.07) is 9.40. The summed E-state index contributed by atoms with van der Waals surface area (Å²) in [6.45, 7) is 11.8. The number of ether oxygens (including phenoxy) is 5. The number of rotatable bonds is 11. The topological polar surface area (TPSA) is 234 Å². The van der Waals surface area contributed by atoms with Gasteiger partial charge in [-0.15, -0.1) is 0 Å². The molecule has 0 unspecified atom stereocenters. The molecular formula is C44H55NO15S. The van der Waals surface area contributed by atoms with E-state index in [2.05, 4.69) is 5.32 Å². The molecule has 17 heteroatoms. The molecule has 0 spiro atoms. The predicted molar refractivity (Wildman–Crippen MR) is 216 cm³/mol. The zero-order valence-electron chi connectivity index (χ0n) is 35.5. The van der Waals surface area contributed by atoms with Crippen molar-refractivity contribution < 1.29 is 72.2 Å². The van der Waals surface area contributed by atoms with Gasteiger partial charge in [-0.25, -0.2) is 9.59 Å². The fraction of sp³-hybridized carbons (Fsp3) is 0.591. The zero-order valence-corrected chi connectivity index (χ0v) is 36.3. The highest BCUT2D eigenvalue weighted by atomic mass is 32.2. The summed E-state index contributed by atoms with van der Waals surface area (Å²) in [5.74, 6) is -5.64. The molecule has 332 valence electrons. The molecule has 2 aromatic rings. The van der Waals surface area contributed by atoms with Crippen LogP contribution >= 0.6 is 11.8 Å². The fourth-order valence-electron chi connectivity index (χ4n) is 9.77. The number of ketones is 1. The number of aliphatic hydroxyl groups excluding tert-OH is 2. The largest absolute Gasteiger partial charge is 0.467 e. The number of fused-ring (bicyclic) bond motifs is 5. The van der Waals surface area contributed by atoms with E-state index in [0.717, 1.165) is 25.6 Å². The Labute approximate surface area is 358 Å². The highest BCUT2D eigenvalue weighted by Gasteiger charge is 2.77. The highest BCUT2D eigenvalue weighted by Crippen LogP contribution is 2.63. The van der Waals surface area contributed by atoms with Crippen LogP contribution in [0.3, 0.4) is 0 Å². The van der Waals surface area contributed by atoms with Gasteiger partial charge in [0.25, 0.3) is 5.24 Å². The van der Waals surface area contributed by atoms with Crippen molar-refractivity contribution in [3.63, 3.8) is 0 Å². The van der Waals surface area contributed by atoms with E-state index in [1.54, 1.807) is 32.0 Å². The first kappa shape index (κ1) is 46.0.